The number of carbonyl (C=O) groups is 1. The van der Waals surface area contributed by atoms with Gasteiger partial charge in [0.2, 0.25) is 0 Å². The second kappa shape index (κ2) is 32.0. The summed E-state index contributed by atoms with van der Waals surface area (Å²) in [7, 11) is 1.85. The molecule has 1 aliphatic carbocycles. The summed E-state index contributed by atoms with van der Waals surface area (Å²) in [6, 6.07) is 2.46. The summed E-state index contributed by atoms with van der Waals surface area (Å²) in [4.78, 5) is 14.4. The number of hydrogen-bond donors (Lipinski definition) is 2. The second-order valence-corrected chi connectivity index (χ2v) is 6.97. The van der Waals surface area contributed by atoms with Gasteiger partial charge in [0.15, 0.2) is 17.3 Å². The molecule has 1 saturated carbocycles. The number of carbonyl (C=O) groups excluding carboxylic acids is 1. The fourth-order valence-electron chi connectivity index (χ4n) is 3.33. The Morgan fingerprint density at radius 2 is 1.64 bits per heavy atom. The van der Waals surface area contributed by atoms with Crippen molar-refractivity contribution in [3.63, 3.8) is 0 Å². The van der Waals surface area contributed by atoms with Gasteiger partial charge in [-0.05, 0) is 44.9 Å². The number of phenolic OH excluding ortho intramolecular Hbond substituents is 1. The summed E-state index contributed by atoms with van der Waals surface area (Å²) >= 11 is 0. The van der Waals surface area contributed by atoms with Crippen molar-refractivity contribution in [2.24, 2.45) is 10.9 Å². The van der Waals surface area contributed by atoms with E-state index in [1.54, 1.807) is 0 Å². The molecule has 0 spiro atoms. The Morgan fingerprint density at radius 1 is 1.17 bits per heavy atom. The largest absolute Gasteiger partial charge is 0.813 e. The van der Waals surface area contributed by atoms with E-state index in [1.807, 2.05) is 41.5 Å². The molecule has 3 N–H and O–H groups in total. The quantitative estimate of drug-likeness (QED) is 0.0755. The number of hydrogen-bond acceptors (Lipinski definition) is 6. The molecule has 1 aliphatic heterocycles. The summed E-state index contributed by atoms with van der Waals surface area (Å²) in [6.45, 7) is 16.6. The van der Waals surface area contributed by atoms with Gasteiger partial charge in [0.25, 0.3) is 0 Å². The zero-order valence-electron chi connectivity index (χ0n) is 23.6. The van der Waals surface area contributed by atoms with Crippen LogP contribution in [0.5, 0.6) is 11.5 Å². The summed E-state index contributed by atoms with van der Waals surface area (Å²) in [6.07, 6.45) is 13.6. The zero-order chi connectivity index (χ0) is 26.4. The van der Waals surface area contributed by atoms with Crippen LogP contribution in [0.4, 0.5) is 10.1 Å². The first-order valence-electron chi connectivity index (χ1n) is 11.7. The third kappa shape index (κ3) is 20.0. The van der Waals surface area contributed by atoms with Crippen LogP contribution in [-0.4, -0.2) is 48.9 Å². The van der Waals surface area contributed by atoms with Crippen molar-refractivity contribution in [3.05, 3.63) is 25.4 Å². The first-order chi connectivity index (χ1) is 15.9. The fraction of sp³-hybridized carbons (Fsp3) is 0.593. The first-order valence-corrected chi connectivity index (χ1v) is 11.7. The molecule has 0 radical (unpaired) electrons. The van der Waals surface area contributed by atoms with E-state index in [9.17, 15) is 9.50 Å². The van der Waals surface area contributed by atoms with Gasteiger partial charge >= 0.3 is 0 Å². The molecule has 0 bridgehead atoms. The van der Waals surface area contributed by atoms with Crippen LogP contribution in [-0.2, 0) is 18.3 Å². The van der Waals surface area contributed by atoms with Gasteiger partial charge in [0, 0.05) is 78.3 Å². The normalized spacial score (nSPS) is 16.7. The van der Waals surface area contributed by atoms with E-state index < -0.39 is 5.82 Å². The number of aliphatic imine (C=N–C) groups is 1. The summed E-state index contributed by atoms with van der Waals surface area (Å²) in [5.41, 5.74) is 5.60. The van der Waals surface area contributed by atoms with E-state index in [2.05, 4.69) is 36.6 Å². The molecule has 6 nitrogen and oxygen atoms in total. The zero-order valence-corrected chi connectivity index (χ0v) is 27.1. The van der Waals surface area contributed by atoms with Crippen molar-refractivity contribution in [2.45, 2.75) is 79.8 Å². The molecular formula is C27H50FN3O3SSm-2. The van der Waals surface area contributed by atoms with Gasteiger partial charge in [-0.1, -0.05) is 34.6 Å². The van der Waals surface area contributed by atoms with E-state index >= 15 is 0 Å². The van der Waals surface area contributed by atoms with Gasteiger partial charge in [-0.15, -0.1) is 12.8 Å². The average molecular weight is 666 g/mol. The van der Waals surface area contributed by atoms with Crippen LogP contribution in [0, 0.1) is 72.4 Å². The SMILES string of the molecule is C#C.C=O.CC.CC.CC1CCC(Oc2c(O)cc(N)cc2F)C1.CN=C(C)N1CCCC1.[CH3-].[SH-].[Sm]. The number of halogens is 1. The standard InChI is InChI=1S/C12H16FNO2.C7H14N2.2C2H6.C2H2.CH2O.CH3.H2S.Sm/c1-7-2-3-9(4-7)16-12-10(13)5-8(14)6-11(12)15;1-7(8-2)9-5-3-4-6-9;4*1-2;;;/h5-7,9,15H,2-4,14H2,1H3;3-6H2,1-2H3;2*1-2H3;1-2H;1H2;1H3;1H2;/q;;;;;;-1;;/p-1. The Balaban J connectivity index is -0.0000000976. The third-order valence-corrected chi connectivity index (χ3v) is 4.86. The Morgan fingerprint density at radius 3 is 2.00 bits per heavy atom. The van der Waals surface area contributed by atoms with Crippen molar-refractivity contribution in [2.75, 3.05) is 25.9 Å². The van der Waals surface area contributed by atoms with Crippen LogP contribution >= 0.6 is 0 Å². The average Bonchev–Trinajstić information content (AvgIpc) is 3.53. The van der Waals surface area contributed by atoms with Gasteiger partial charge in [0.1, 0.15) is 6.79 Å². The minimum atomic E-state index is -0.600. The Labute approximate surface area is 260 Å². The number of benzene rings is 1. The monoisotopic (exact) mass is 667 g/mol. The number of nitrogen functional groups attached to an aromatic ring is 1. The predicted octanol–water partition coefficient (Wildman–Crippen LogP) is 6.11. The van der Waals surface area contributed by atoms with Crippen LogP contribution in [0.2, 0.25) is 0 Å². The molecule has 0 aromatic heterocycles. The smallest absolute Gasteiger partial charge is 0.197 e. The van der Waals surface area contributed by atoms with Crippen molar-refractivity contribution in [3.8, 4) is 24.3 Å². The maximum absolute atomic E-state index is 13.5. The minimum Gasteiger partial charge on any atom is -0.813 e. The summed E-state index contributed by atoms with van der Waals surface area (Å²) < 4.78 is 19.0. The van der Waals surface area contributed by atoms with Gasteiger partial charge < -0.3 is 46.2 Å². The van der Waals surface area contributed by atoms with Crippen LogP contribution in [0.1, 0.15) is 73.6 Å². The molecule has 212 valence electrons. The second-order valence-electron chi connectivity index (χ2n) is 6.97. The number of terminal acetylenes is 1. The maximum Gasteiger partial charge on any atom is 0.197 e. The van der Waals surface area contributed by atoms with Crippen LogP contribution in [0.3, 0.4) is 0 Å². The number of likely N-dealkylation sites (tertiary alicyclic amines) is 1. The van der Waals surface area contributed by atoms with Gasteiger partial charge in [0.05, 0.1) is 11.9 Å². The number of thiol groups is 1. The van der Waals surface area contributed by atoms with E-state index in [0.717, 1.165) is 25.3 Å². The molecule has 1 aromatic carbocycles. The molecule has 2 aliphatic rings. The molecule has 1 heterocycles. The van der Waals surface area contributed by atoms with Gasteiger partial charge in [-0.2, -0.15) is 0 Å². The van der Waals surface area contributed by atoms with Crippen LogP contribution < -0.4 is 10.5 Å². The Bertz CT molecular complexity index is 650. The summed E-state index contributed by atoms with van der Waals surface area (Å²) in [5.74, 6) is 0.888. The number of anilines is 1. The number of rotatable bonds is 2. The van der Waals surface area contributed by atoms with Gasteiger partial charge in [-0.3, -0.25) is 4.99 Å². The van der Waals surface area contributed by atoms with Crippen molar-refractivity contribution in [1.29, 1.82) is 0 Å². The molecular weight excluding hydrogens is 616 g/mol. The van der Waals surface area contributed by atoms with Crippen LogP contribution in [0.15, 0.2) is 17.1 Å². The molecule has 2 fully saturated rings. The molecule has 1 saturated heterocycles. The molecule has 3 rings (SSSR count). The van der Waals surface area contributed by atoms with E-state index in [-0.39, 0.29) is 84.6 Å². The molecule has 9 heteroatoms. The van der Waals surface area contributed by atoms with E-state index in [0.29, 0.717) is 5.92 Å². The topological polar surface area (TPSA) is 88.1 Å². The molecule has 2 atom stereocenters. The Hall–Kier alpha value is -1.06. The maximum atomic E-state index is 13.5. The first kappa shape index (κ1) is 48.1. The molecule has 36 heavy (non-hydrogen) atoms. The number of ether oxygens (including phenoxy) is 1. The Kier molecular flexibility index (Phi) is 42.7. The van der Waals surface area contributed by atoms with Crippen LogP contribution in [0.25, 0.3) is 0 Å². The number of nitrogens with two attached hydrogens (primary N) is 1. The van der Waals surface area contributed by atoms with Crippen molar-refractivity contribution >= 4 is 31.8 Å². The number of phenols is 1. The van der Waals surface area contributed by atoms with Crippen molar-refractivity contribution < 1.29 is 59.4 Å². The van der Waals surface area contributed by atoms with Gasteiger partial charge in [-0.25, -0.2) is 4.39 Å². The number of amidine groups is 1. The predicted molar refractivity (Wildman–Crippen MR) is 155 cm³/mol. The summed E-state index contributed by atoms with van der Waals surface area (Å²) in [5, 5.41) is 9.55. The fourth-order valence-corrected chi connectivity index (χ4v) is 3.33. The van der Waals surface area contributed by atoms with E-state index in [1.165, 1.54) is 37.8 Å². The third-order valence-electron chi connectivity index (χ3n) is 4.86. The molecule has 1 aromatic rings. The number of nitrogens with zero attached hydrogens (tertiary/aromatic N) is 2. The van der Waals surface area contributed by atoms with E-state index in [4.69, 9.17) is 15.3 Å². The number of aromatic hydroxyl groups is 1. The minimum absolute atomic E-state index is 0. The van der Waals surface area contributed by atoms with Crippen molar-refractivity contribution in [1.82, 2.24) is 4.90 Å². The molecule has 2 unspecified atom stereocenters. The molecule has 0 amide bonds.